The number of nitrogens with one attached hydrogen (secondary N) is 1. The number of rotatable bonds is 4. The van der Waals surface area contributed by atoms with Crippen LogP contribution in [-0.4, -0.2) is 52.2 Å². The van der Waals surface area contributed by atoms with Gasteiger partial charge in [-0.25, -0.2) is 9.59 Å². The van der Waals surface area contributed by atoms with E-state index in [1.165, 1.54) is 4.90 Å². The first kappa shape index (κ1) is 22.3. The lowest BCUT2D eigenvalue weighted by Gasteiger charge is -2.35. The number of ether oxygens (including phenoxy) is 1. The van der Waals surface area contributed by atoms with E-state index in [9.17, 15) is 19.5 Å². The first-order chi connectivity index (χ1) is 11.6. The smallest absolute Gasteiger partial charge is 0.408 e. The lowest BCUT2D eigenvalue weighted by molar-refractivity contribution is -0.150. The molecule has 0 bridgehead atoms. The van der Waals surface area contributed by atoms with Crippen LogP contribution in [0.1, 0.15) is 61.8 Å². The van der Waals surface area contributed by atoms with Crippen molar-refractivity contribution < 1.29 is 24.2 Å². The fourth-order valence-corrected chi connectivity index (χ4v) is 3.07. The minimum absolute atomic E-state index is 0.127. The first-order valence-electron chi connectivity index (χ1n) is 9.16. The van der Waals surface area contributed by atoms with Gasteiger partial charge in [-0.1, -0.05) is 34.6 Å². The van der Waals surface area contributed by atoms with E-state index in [4.69, 9.17) is 4.74 Å². The summed E-state index contributed by atoms with van der Waals surface area (Å²) in [5.41, 5.74) is -1.28. The van der Waals surface area contributed by atoms with Crippen molar-refractivity contribution in [3.05, 3.63) is 0 Å². The van der Waals surface area contributed by atoms with Crippen molar-refractivity contribution >= 4 is 18.0 Å². The number of carboxylic acid groups (broad SMARTS) is 1. The fraction of sp³-hybridized carbons (Fsp3) is 0.842. The van der Waals surface area contributed by atoms with Crippen molar-refractivity contribution in [3.8, 4) is 0 Å². The first-order valence-corrected chi connectivity index (χ1v) is 9.16. The third-order valence-corrected chi connectivity index (χ3v) is 4.62. The van der Waals surface area contributed by atoms with Crippen LogP contribution in [0.3, 0.4) is 0 Å². The molecule has 7 heteroatoms. The summed E-state index contributed by atoms with van der Waals surface area (Å²) in [5.74, 6) is -0.978. The average molecular weight is 370 g/mol. The van der Waals surface area contributed by atoms with Gasteiger partial charge in [0.1, 0.15) is 17.7 Å². The SMILES string of the molecule is CC(C)[C@H]1C[C@@H](C(=O)O)N(C(=O)[C@@H](NC(=O)OC(C)(C)C)C(C)(C)C)C1. The number of likely N-dealkylation sites (tertiary alicyclic amines) is 1. The zero-order valence-electron chi connectivity index (χ0n) is 17.3. The summed E-state index contributed by atoms with van der Waals surface area (Å²) in [5, 5.41) is 12.2. The number of hydrogen-bond acceptors (Lipinski definition) is 4. The second-order valence-electron chi connectivity index (χ2n) is 9.53. The van der Waals surface area contributed by atoms with Gasteiger partial charge >= 0.3 is 12.1 Å². The number of alkyl carbamates (subject to hydrolysis) is 1. The molecule has 1 aliphatic heterocycles. The molecule has 0 saturated carbocycles. The minimum Gasteiger partial charge on any atom is -0.480 e. The number of carbonyl (C=O) groups is 3. The molecule has 1 rings (SSSR count). The highest BCUT2D eigenvalue weighted by Crippen LogP contribution is 2.32. The van der Waals surface area contributed by atoms with Crippen molar-refractivity contribution in [3.63, 3.8) is 0 Å². The van der Waals surface area contributed by atoms with Gasteiger partial charge in [0.25, 0.3) is 0 Å². The zero-order valence-corrected chi connectivity index (χ0v) is 17.3. The van der Waals surface area contributed by atoms with Crippen LogP contribution in [0, 0.1) is 17.3 Å². The molecule has 2 N–H and O–H groups in total. The molecule has 0 aliphatic carbocycles. The number of aliphatic carboxylic acids is 1. The summed E-state index contributed by atoms with van der Waals surface area (Å²) in [7, 11) is 0. The van der Waals surface area contributed by atoms with Gasteiger partial charge < -0.3 is 20.1 Å². The Morgan fingerprint density at radius 1 is 1.12 bits per heavy atom. The molecule has 0 aromatic heterocycles. The fourth-order valence-electron chi connectivity index (χ4n) is 3.07. The van der Waals surface area contributed by atoms with Crippen LogP contribution in [0.25, 0.3) is 0 Å². The molecular weight excluding hydrogens is 336 g/mol. The van der Waals surface area contributed by atoms with Gasteiger partial charge in [-0.3, -0.25) is 4.79 Å². The predicted octanol–water partition coefficient (Wildman–Crippen LogP) is 2.88. The minimum atomic E-state index is -1.01. The topological polar surface area (TPSA) is 95.9 Å². The zero-order chi connectivity index (χ0) is 20.4. The molecule has 0 aromatic carbocycles. The van der Waals surface area contributed by atoms with Crippen molar-refractivity contribution in [1.82, 2.24) is 10.2 Å². The molecular formula is C19H34N2O5. The summed E-state index contributed by atoms with van der Waals surface area (Å²) < 4.78 is 5.27. The van der Waals surface area contributed by atoms with Gasteiger partial charge in [0, 0.05) is 6.54 Å². The lowest BCUT2D eigenvalue weighted by Crippen LogP contribution is -2.57. The Kier molecular flexibility index (Phi) is 6.71. The van der Waals surface area contributed by atoms with Crippen LogP contribution in [0.5, 0.6) is 0 Å². The van der Waals surface area contributed by atoms with Gasteiger partial charge in [0.2, 0.25) is 5.91 Å². The Hall–Kier alpha value is -1.79. The van der Waals surface area contributed by atoms with E-state index < -0.39 is 35.2 Å². The second-order valence-corrected chi connectivity index (χ2v) is 9.53. The number of hydrogen-bond donors (Lipinski definition) is 2. The van der Waals surface area contributed by atoms with Gasteiger partial charge in [-0.05, 0) is 44.4 Å². The van der Waals surface area contributed by atoms with Crippen LogP contribution in [0.2, 0.25) is 0 Å². The largest absolute Gasteiger partial charge is 0.480 e. The van der Waals surface area contributed by atoms with Gasteiger partial charge in [0.05, 0.1) is 0 Å². The maximum Gasteiger partial charge on any atom is 0.408 e. The number of carbonyl (C=O) groups excluding carboxylic acids is 2. The van der Waals surface area contributed by atoms with Crippen LogP contribution in [0.4, 0.5) is 4.79 Å². The molecule has 0 radical (unpaired) electrons. The maximum atomic E-state index is 13.2. The number of nitrogens with zero attached hydrogens (tertiary/aromatic N) is 1. The van der Waals surface area contributed by atoms with Gasteiger partial charge in [-0.2, -0.15) is 0 Å². The molecule has 2 amide bonds. The average Bonchev–Trinajstić information content (AvgIpc) is 2.86. The summed E-state index contributed by atoms with van der Waals surface area (Å²) in [6, 6.07) is -1.73. The molecule has 1 saturated heterocycles. The Morgan fingerprint density at radius 3 is 2.04 bits per heavy atom. The Labute approximate surface area is 156 Å². The van der Waals surface area contributed by atoms with E-state index in [-0.39, 0.29) is 17.7 Å². The van der Waals surface area contributed by atoms with E-state index in [0.717, 1.165) is 0 Å². The molecule has 1 fully saturated rings. The van der Waals surface area contributed by atoms with E-state index in [2.05, 4.69) is 5.32 Å². The predicted molar refractivity (Wildman–Crippen MR) is 98.7 cm³/mol. The molecule has 150 valence electrons. The van der Waals surface area contributed by atoms with Crippen molar-refractivity contribution in [1.29, 1.82) is 0 Å². The molecule has 0 aromatic rings. The third-order valence-electron chi connectivity index (χ3n) is 4.62. The van der Waals surface area contributed by atoms with Crippen molar-refractivity contribution in [2.75, 3.05) is 6.54 Å². The molecule has 7 nitrogen and oxygen atoms in total. The molecule has 1 aliphatic rings. The Bertz CT molecular complexity index is 545. The van der Waals surface area contributed by atoms with Crippen LogP contribution < -0.4 is 5.32 Å². The quantitative estimate of drug-likeness (QED) is 0.793. The van der Waals surface area contributed by atoms with Crippen molar-refractivity contribution in [2.24, 2.45) is 17.3 Å². The second kappa shape index (κ2) is 7.84. The standard InChI is InChI=1S/C19H34N2O5/c1-11(2)12-9-13(16(23)24)21(10-12)15(22)14(18(3,4)5)20-17(25)26-19(6,7)8/h11-14H,9-10H2,1-8H3,(H,20,25)(H,23,24)/t12-,13-,14+/m0/s1. The highest BCUT2D eigenvalue weighted by atomic mass is 16.6. The van der Waals surface area contributed by atoms with E-state index >= 15 is 0 Å². The molecule has 3 atom stereocenters. The maximum absolute atomic E-state index is 13.2. The molecule has 0 unspecified atom stereocenters. The normalized spacial score (nSPS) is 22.3. The number of carboxylic acids is 1. The molecule has 0 spiro atoms. The third kappa shape index (κ3) is 5.88. The monoisotopic (exact) mass is 370 g/mol. The summed E-state index contributed by atoms with van der Waals surface area (Å²) in [6.45, 7) is 15.2. The highest BCUT2D eigenvalue weighted by Gasteiger charge is 2.45. The van der Waals surface area contributed by atoms with Gasteiger partial charge in [0.15, 0.2) is 0 Å². The Balaban J connectivity index is 3.04. The lowest BCUT2D eigenvalue weighted by atomic mass is 9.85. The number of amides is 2. The van der Waals surface area contributed by atoms with E-state index in [1.807, 2.05) is 34.6 Å². The van der Waals surface area contributed by atoms with Crippen LogP contribution in [0.15, 0.2) is 0 Å². The molecule has 1 heterocycles. The van der Waals surface area contributed by atoms with Crippen LogP contribution >= 0.6 is 0 Å². The summed E-state index contributed by atoms with van der Waals surface area (Å²) in [6.07, 6.45) is -0.251. The molecule has 26 heavy (non-hydrogen) atoms. The highest BCUT2D eigenvalue weighted by molar-refractivity contribution is 5.90. The summed E-state index contributed by atoms with van der Waals surface area (Å²) >= 11 is 0. The van der Waals surface area contributed by atoms with Crippen LogP contribution in [-0.2, 0) is 14.3 Å². The van der Waals surface area contributed by atoms with Gasteiger partial charge in [-0.15, -0.1) is 0 Å². The Morgan fingerprint density at radius 2 is 1.65 bits per heavy atom. The van der Waals surface area contributed by atoms with E-state index in [0.29, 0.717) is 13.0 Å². The summed E-state index contributed by atoms with van der Waals surface area (Å²) in [4.78, 5) is 38.4. The van der Waals surface area contributed by atoms with E-state index in [1.54, 1.807) is 20.8 Å². The van der Waals surface area contributed by atoms with Crippen molar-refractivity contribution in [2.45, 2.75) is 79.5 Å².